The lowest BCUT2D eigenvalue weighted by molar-refractivity contribution is -0.277. The van der Waals surface area contributed by atoms with Crippen LogP contribution in [0, 0.1) is 12.8 Å². The van der Waals surface area contributed by atoms with Gasteiger partial charge >= 0.3 is 0 Å². The molecule has 0 unspecified atom stereocenters. The first kappa shape index (κ1) is 46.3. The van der Waals surface area contributed by atoms with E-state index >= 15 is 0 Å². The summed E-state index contributed by atoms with van der Waals surface area (Å²) in [4.78, 5) is 16.3. The smallest absolute Gasteiger partial charge is 0.241 e. The Balaban J connectivity index is 0.978. The fourth-order valence-corrected chi connectivity index (χ4v) is 10.1. The van der Waals surface area contributed by atoms with E-state index in [0.717, 1.165) is 50.1 Å². The highest BCUT2D eigenvalue weighted by atomic mass is 35.5. The first-order chi connectivity index (χ1) is 31.4. The highest BCUT2D eigenvalue weighted by molar-refractivity contribution is 7.89. The largest absolute Gasteiger partial charge is 0.392 e. The Kier molecular flexibility index (Phi) is 14.6. The van der Waals surface area contributed by atoms with Gasteiger partial charge in [0.1, 0.15) is 6.04 Å². The number of hydrogen-bond acceptors (Lipinski definition) is 8. The van der Waals surface area contributed by atoms with E-state index in [1.165, 1.54) is 12.1 Å². The Morgan fingerprint density at radius 1 is 0.785 bits per heavy atom. The second-order valence-electron chi connectivity index (χ2n) is 17.4. The number of amides is 1. The lowest BCUT2D eigenvalue weighted by Crippen LogP contribution is -2.49. The molecule has 10 nitrogen and oxygen atoms in total. The van der Waals surface area contributed by atoms with Crippen LogP contribution in [0.1, 0.15) is 71.1 Å². The molecule has 5 atom stereocenters. The van der Waals surface area contributed by atoms with Gasteiger partial charge in [0.2, 0.25) is 15.9 Å². The van der Waals surface area contributed by atoms with E-state index in [0.29, 0.717) is 37.5 Å². The second-order valence-corrected chi connectivity index (χ2v) is 19.5. The fourth-order valence-electron chi connectivity index (χ4n) is 8.79. The van der Waals surface area contributed by atoms with Crippen molar-refractivity contribution < 1.29 is 32.9 Å². The number of hydrogen-bond donors (Lipinski definition) is 4. The molecule has 8 rings (SSSR count). The zero-order valence-corrected chi connectivity index (χ0v) is 38.2. The molecule has 2 heterocycles. The van der Waals surface area contributed by atoms with Crippen LogP contribution >= 0.6 is 11.6 Å². The number of ether oxygens (including phenoxy) is 2. The normalized spacial score (nSPS) is 20.5. The summed E-state index contributed by atoms with van der Waals surface area (Å²) >= 11 is 6.14. The number of carbonyl (C=O) groups excluding carboxylic acids is 1. The maximum absolute atomic E-state index is 13.8. The number of nitrogens with one attached hydrogen (secondary N) is 2. The number of aryl methyl sites for hydroxylation is 1. The van der Waals surface area contributed by atoms with Crippen LogP contribution in [0.5, 0.6) is 0 Å². The molecule has 2 saturated heterocycles. The van der Waals surface area contributed by atoms with Crippen molar-refractivity contribution in [3.05, 3.63) is 196 Å². The molecule has 6 aromatic rings. The Labute approximate surface area is 387 Å². The topological polar surface area (TPSA) is 137 Å². The van der Waals surface area contributed by atoms with Crippen LogP contribution < -0.4 is 10.0 Å². The van der Waals surface area contributed by atoms with E-state index in [2.05, 4.69) is 27.9 Å². The number of halogens is 1. The van der Waals surface area contributed by atoms with E-state index in [-0.39, 0.29) is 42.6 Å². The van der Waals surface area contributed by atoms with Crippen LogP contribution in [0.4, 0.5) is 0 Å². The van der Waals surface area contributed by atoms with Crippen molar-refractivity contribution in [2.45, 2.75) is 81.3 Å². The quantitative estimate of drug-likeness (QED) is 0.0803. The summed E-state index contributed by atoms with van der Waals surface area (Å²) in [6.07, 6.45) is 0.199. The molecule has 338 valence electrons. The number of nitrogens with zero attached hydrogens (tertiary/aromatic N) is 1. The van der Waals surface area contributed by atoms with E-state index in [9.17, 15) is 23.4 Å². The minimum atomic E-state index is -3.99. The van der Waals surface area contributed by atoms with Crippen LogP contribution in [0.2, 0.25) is 5.02 Å². The number of aliphatic hydroxyl groups excluding tert-OH is 1. The molecule has 0 aromatic heterocycles. The van der Waals surface area contributed by atoms with Crippen LogP contribution in [0.3, 0.4) is 0 Å². The summed E-state index contributed by atoms with van der Waals surface area (Å²) in [5, 5.41) is 25.0. The van der Waals surface area contributed by atoms with Crippen LogP contribution in [0.25, 0.3) is 11.1 Å². The minimum absolute atomic E-state index is 0.0106. The predicted octanol–water partition coefficient (Wildman–Crippen LogP) is 8.79. The van der Waals surface area contributed by atoms with E-state index < -0.39 is 33.9 Å². The summed E-state index contributed by atoms with van der Waals surface area (Å²) in [6.45, 7) is 6.25. The maximum atomic E-state index is 13.8. The van der Waals surface area contributed by atoms with Gasteiger partial charge in [-0.1, -0.05) is 139 Å². The van der Waals surface area contributed by atoms with Gasteiger partial charge in [0.05, 0.1) is 29.3 Å². The number of rotatable bonds is 15. The van der Waals surface area contributed by atoms with Crippen molar-refractivity contribution in [1.29, 1.82) is 0 Å². The third kappa shape index (κ3) is 11.4. The van der Waals surface area contributed by atoms with E-state index in [1.54, 1.807) is 12.1 Å². The molecule has 0 spiro atoms. The lowest BCUT2D eigenvalue weighted by atomic mass is 9.84. The van der Waals surface area contributed by atoms with Gasteiger partial charge in [-0.05, 0) is 102 Å². The highest BCUT2D eigenvalue weighted by Gasteiger charge is 2.41. The van der Waals surface area contributed by atoms with Crippen LogP contribution in [0.15, 0.2) is 157 Å². The average molecular weight is 915 g/mol. The van der Waals surface area contributed by atoms with Gasteiger partial charge in [0, 0.05) is 42.7 Å². The van der Waals surface area contributed by atoms with Crippen molar-refractivity contribution in [3.63, 3.8) is 0 Å². The Morgan fingerprint density at radius 2 is 1.45 bits per heavy atom. The summed E-state index contributed by atoms with van der Waals surface area (Å²) < 4.78 is 43.2. The van der Waals surface area contributed by atoms with Gasteiger partial charge in [-0.3, -0.25) is 4.79 Å². The Bertz CT molecular complexity index is 2640. The second kappa shape index (κ2) is 20.5. The highest BCUT2D eigenvalue weighted by Crippen LogP contribution is 2.43. The molecule has 2 fully saturated rings. The first-order valence-corrected chi connectivity index (χ1v) is 24.0. The van der Waals surface area contributed by atoms with Crippen molar-refractivity contribution in [1.82, 2.24) is 14.9 Å². The predicted molar refractivity (Wildman–Crippen MR) is 253 cm³/mol. The third-order valence-electron chi connectivity index (χ3n) is 12.7. The maximum Gasteiger partial charge on any atom is 0.241 e. The van der Waals surface area contributed by atoms with Gasteiger partial charge < -0.3 is 29.9 Å². The van der Waals surface area contributed by atoms with Crippen LogP contribution in [-0.4, -0.2) is 61.2 Å². The van der Waals surface area contributed by atoms with E-state index in [4.69, 9.17) is 21.1 Å². The molecule has 1 amide bonds. The molecule has 0 saturated carbocycles. The molecule has 2 aliphatic heterocycles. The molecular weight excluding hydrogens is 858 g/mol. The van der Waals surface area contributed by atoms with Gasteiger partial charge in [0.15, 0.2) is 6.29 Å². The van der Waals surface area contributed by atoms with Gasteiger partial charge in [-0.15, -0.1) is 0 Å². The van der Waals surface area contributed by atoms with Gasteiger partial charge in [-0.25, -0.2) is 8.42 Å². The molecule has 2 aliphatic rings. The number of piperidine rings is 1. The van der Waals surface area contributed by atoms with Crippen molar-refractivity contribution >= 4 is 27.5 Å². The summed E-state index contributed by atoms with van der Waals surface area (Å²) in [6, 6.07) is 46.2. The molecule has 4 N–H and O–H groups in total. The lowest BCUT2D eigenvalue weighted by Gasteiger charge is -2.45. The number of likely N-dealkylation sites (tertiary alicyclic amines) is 1. The standard InChI is InChI=1S/C53H56ClN3O7S/c1-36-14-24-47(25-15-36)65(61,62)56-48(31-38-8-4-3-5-9-38)51(59)55-33-40-10-6-11-42(30-40)43-12-7-13-44(32-43)52-63-49(37(2)50(64-52)41-18-16-39(35-58)17-19-41)34-57-28-26-53(60,27-29-57)45-20-22-46(54)23-21-45/h3-25,30,32,37,48-50,52,56,58,60H,26-29,31,33-35H2,1-2H3,(H,55,59)/t37-,48-,49+,50+,52+/m1/s1. The molecule has 65 heavy (non-hydrogen) atoms. The number of carbonyl (C=O) groups is 1. The zero-order chi connectivity index (χ0) is 45.6. The molecule has 6 aromatic carbocycles. The van der Waals surface area contributed by atoms with Crippen molar-refractivity contribution in [2.75, 3.05) is 19.6 Å². The average Bonchev–Trinajstić information content (AvgIpc) is 3.32. The van der Waals surface area contributed by atoms with Crippen molar-refractivity contribution in [2.24, 2.45) is 5.92 Å². The molecular formula is C53H56ClN3O7S. The van der Waals surface area contributed by atoms with Gasteiger partial charge in [-0.2, -0.15) is 4.72 Å². The minimum Gasteiger partial charge on any atom is -0.392 e. The Hall–Kier alpha value is -5.21. The molecule has 0 radical (unpaired) electrons. The van der Waals surface area contributed by atoms with E-state index in [1.807, 2.05) is 128 Å². The molecule has 12 heteroatoms. The monoisotopic (exact) mass is 913 g/mol. The van der Waals surface area contributed by atoms with Crippen LogP contribution in [-0.2, 0) is 49.5 Å². The Morgan fingerprint density at radius 3 is 2.14 bits per heavy atom. The molecule has 0 aliphatic carbocycles. The third-order valence-corrected chi connectivity index (χ3v) is 14.5. The number of benzene rings is 6. The summed E-state index contributed by atoms with van der Waals surface area (Å²) in [7, 11) is -3.99. The summed E-state index contributed by atoms with van der Waals surface area (Å²) in [5.74, 6) is -0.446. The summed E-state index contributed by atoms with van der Waals surface area (Å²) in [5.41, 5.74) is 7.12. The van der Waals surface area contributed by atoms with Gasteiger partial charge in [0.25, 0.3) is 0 Å². The number of aliphatic hydroxyl groups is 2. The zero-order valence-electron chi connectivity index (χ0n) is 36.6. The number of sulfonamides is 1. The molecule has 0 bridgehead atoms. The first-order valence-electron chi connectivity index (χ1n) is 22.2. The SMILES string of the molecule is Cc1ccc(S(=O)(=O)N[C@H](Cc2ccccc2)C(=O)NCc2cccc(-c3cccc([C@H]4O[C@@H](CN5CCC(O)(c6ccc(Cl)cc6)CC5)[C@@H](C)[C@@H](c5ccc(CO)cc5)O4)c3)c2)cc1. The van der Waals surface area contributed by atoms with Crippen molar-refractivity contribution in [3.8, 4) is 11.1 Å². The fraction of sp³-hybridized carbons (Fsp3) is 0.302.